The van der Waals surface area contributed by atoms with Gasteiger partial charge in [0, 0.05) is 31.9 Å². The van der Waals surface area contributed by atoms with E-state index < -0.39 is 11.0 Å². The maximum Gasteiger partial charge on any atom is 0.282 e. The quantitative estimate of drug-likeness (QED) is 0.641. The van der Waals surface area contributed by atoms with Crippen molar-refractivity contribution in [3.05, 3.63) is 33.9 Å². The summed E-state index contributed by atoms with van der Waals surface area (Å²) < 4.78 is 0. The lowest BCUT2D eigenvalue weighted by atomic mass is 10.1. The summed E-state index contributed by atoms with van der Waals surface area (Å²) in [5.74, 6) is -0.360. The molecule has 1 aromatic carbocycles. The summed E-state index contributed by atoms with van der Waals surface area (Å²) in [6.45, 7) is 0.835. The molecule has 1 amide bonds. The number of hydrogen-bond acceptors (Lipinski definition) is 5. The summed E-state index contributed by atoms with van der Waals surface area (Å²) in [4.78, 5) is 24.4. The Labute approximate surface area is 116 Å². The van der Waals surface area contributed by atoms with Gasteiger partial charge in [0.25, 0.3) is 11.6 Å². The molecule has 0 saturated carbocycles. The molecular weight excluding hydrogens is 262 g/mol. The van der Waals surface area contributed by atoms with E-state index in [1.54, 1.807) is 18.0 Å². The highest BCUT2D eigenvalue weighted by molar-refractivity contribution is 5.99. The van der Waals surface area contributed by atoms with Crippen molar-refractivity contribution in [1.82, 2.24) is 4.90 Å². The van der Waals surface area contributed by atoms with Crippen LogP contribution in [0.1, 0.15) is 23.2 Å². The Kier molecular flexibility index (Phi) is 4.19. The summed E-state index contributed by atoms with van der Waals surface area (Å²) in [6.07, 6.45) is 0.619. The summed E-state index contributed by atoms with van der Waals surface area (Å²) >= 11 is 0. The number of amides is 1. The molecule has 1 saturated heterocycles. The Bertz CT molecular complexity index is 524. The van der Waals surface area contributed by atoms with Crippen LogP contribution >= 0.6 is 0 Å². The van der Waals surface area contributed by atoms with E-state index in [2.05, 4.69) is 5.32 Å². The first-order chi connectivity index (χ1) is 9.52. The van der Waals surface area contributed by atoms with E-state index in [9.17, 15) is 20.0 Å². The standard InChI is InChI=1S/C13H17N3O4/c1-14-9-2-3-12(16(19)20)11(8-9)13(18)15-6-4-10(17)5-7-15/h2-3,8,10,14,17H,4-7H2,1H3. The molecular formula is C13H17N3O4. The Hall–Kier alpha value is -2.15. The van der Waals surface area contributed by atoms with Gasteiger partial charge in [-0.3, -0.25) is 14.9 Å². The molecule has 0 aromatic heterocycles. The second kappa shape index (κ2) is 5.87. The average molecular weight is 279 g/mol. The molecule has 0 radical (unpaired) electrons. The van der Waals surface area contributed by atoms with E-state index in [0.29, 0.717) is 31.6 Å². The van der Waals surface area contributed by atoms with Crippen LogP contribution in [0.5, 0.6) is 0 Å². The van der Waals surface area contributed by atoms with Crippen molar-refractivity contribution in [2.45, 2.75) is 18.9 Å². The number of aliphatic hydroxyl groups excluding tert-OH is 1. The average Bonchev–Trinajstić information content (AvgIpc) is 2.46. The van der Waals surface area contributed by atoms with Crippen LogP contribution in [-0.2, 0) is 0 Å². The van der Waals surface area contributed by atoms with Crippen LogP contribution in [0.25, 0.3) is 0 Å². The molecule has 0 spiro atoms. The molecule has 2 N–H and O–H groups in total. The maximum atomic E-state index is 12.4. The minimum atomic E-state index is -0.550. The summed E-state index contributed by atoms with van der Waals surface area (Å²) in [5.41, 5.74) is 0.536. The Morgan fingerprint density at radius 2 is 2.10 bits per heavy atom. The molecule has 1 aliphatic rings. The molecule has 1 heterocycles. The lowest BCUT2D eigenvalue weighted by Gasteiger charge is -2.29. The van der Waals surface area contributed by atoms with Crippen LogP contribution in [-0.4, -0.2) is 47.1 Å². The number of rotatable bonds is 3. The zero-order chi connectivity index (χ0) is 14.7. The number of nitro groups is 1. The predicted octanol–water partition coefficient (Wildman–Crippen LogP) is 1.23. The number of anilines is 1. The van der Waals surface area contributed by atoms with Crippen LogP contribution in [0, 0.1) is 10.1 Å². The number of piperidine rings is 1. The third-order valence-corrected chi connectivity index (χ3v) is 3.46. The number of benzene rings is 1. The molecule has 0 unspecified atom stereocenters. The Balaban J connectivity index is 2.30. The van der Waals surface area contributed by atoms with Crippen molar-refractivity contribution in [1.29, 1.82) is 0 Å². The Morgan fingerprint density at radius 3 is 2.65 bits per heavy atom. The third-order valence-electron chi connectivity index (χ3n) is 3.46. The van der Waals surface area contributed by atoms with Gasteiger partial charge in [0.15, 0.2) is 0 Å². The van der Waals surface area contributed by atoms with Crippen molar-refractivity contribution >= 4 is 17.3 Å². The van der Waals surface area contributed by atoms with E-state index in [1.807, 2.05) is 0 Å². The molecule has 1 fully saturated rings. The van der Waals surface area contributed by atoms with Gasteiger partial charge >= 0.3 is 0 Å². The first-order valence-electron chi connectivity index (χ1n) is 6.46. The summed E-state index contributed by atoms with van der Waals surface area (Å²) in [5, 5.41) is 23.3. The van der Waals surface area contributed by atoms with Crippen LogP contribution in [0.4, 0.5) is 11.4 Å². The number of hydrogen-bond donors (Lipinski definition) is 2. The van der Waals surface area contributed by atoms with Gasteiger partial charge in [0.1, 0.15) is 5.56 Å². The van der Waals surface area contributed by atoms with Gasteiger partial charge in [0.05, 0.1) is 11.0 Å². The fourth-order valence-electron chi connectivity index (χ4n) is 2.26. The van der Waals surface area contributed by atoms with Crippen molar-refractivity contribution in [3.63, 3.8) is 0 Å². The topological polar surface area (TPSA) is 95.7 Å². The fraction of sp³-hybridized carbons (Fsp3) is 0.462. The lowest BCUT2D eigenvalue weighted by molar-refractivity contribution is -0.385. The second-order valence-corrected chi connectivity index (χ2v) is 4.76. The fourth-order valence-corrected chi connectivity index (χ4v) is 2.26. The normalized spacial score (nSPS) is 16.0. The monoisotopic (exact) mass is 279 g/mol. The first kappa shape index (κ1) is 14.3. The van der Waals surface area contributed by atoms with Gasteiger partial charge in [0.2, 0.25) is 0 Å². The number of aliphatic hydroxyl groups is 1. The van der Waals surface area contributed by atoms with Crippen LogP contribution in [0.2, 0.25) is 0 Å². The highest BCUT2D eigenvalue weighted by Crippen LogP contribution is 2.25. The molecule has 0 bridgehead atoms. The number of nitrogens with zero attached hydrogens (tertiary/aromatic N) is 2. The zero-order valence-electron chi connectivity index (χ0n) is 11.2. The van der Waals surface area contributed by atoms with Gasteiger partial charge < -0.3 is 15.3 Å². The van der Waals surface area contributed by atoms with Crippen LogP contribution in [0.3, 0.4) is 0 Å². The van der Waals surface area contributed by atoms with E-state index in [0.717, 1.165) is 0 Å². The molecule has 7 heteroatoms. The first-order valence-corrected chi connectivity index (χ1v) is 6.46. The van der Waals surface area contributed by atoms with Crippen LogP contribution < -0.4 is 5.32 Å². The predicted molar refractivity (Wildman–Crippen MR) is 73.8 cm³/mol. The maximum absolute atomic E-state index is 12.4. The van der Waals surface area contributed by atoms with E-state index in [4.69, 9.17) is 0 Å². The van der Waals surface area contributed by atoms with Gasteiger partial charge in [-0.15, -0.1) is 0 Å². The summed E-state index contributed by atoms with van der Waals surface area (Å²) in [7, 11) is 1.69. The van der Waals surface area contributed by atoms with Gasteiger partial charge in [-0.05, 0) is 25.0 Å². The number of nitro benzene ring substituents is 1. The molecule has 2 rings (SSSR count). The highest BCUT2D eigenvalue weighted by Gasteiger charge is 2.27. The molecule has 7 nitrogen and oxygen atoms in total. The zero-order valence-corrected chi connectivity index (χ0v) is 11.2. The number of carbonyl (C=O) groups excluding carboxylic acids is 1. The summed E-state index contributed by atoms with van der Waals surface area (Å²) in [6, 6.07) is 4.39. The third kappa shape index (κ3) is 2.88. The van der Waals surface area contributed by atoms with E-state index >= 15 is 0 Å². The minimum absolute atomic E-state index is 0.0817. The molecule has 0 atom stereocenters. The smallest absolute Gasteiger partial charge is 0.282 e. The molecule has 1 aromatic rings. The molecule has 108 valence electrons. The number of likely N-dealkylation sites (tertiary alicyclic amines) is 1. The SMILES string of the molecule is CNc1ccc([N+](=O)[O-])c(C(=O)N2CCC(O)CC2)c1. The molecule has 0 aliphatic carbocycles. The number of carbonyl (C=O) groups is 1. The number of nitrogens with one attached hydrogen (secondary N) is 1. The van der Waals surface area contributed by atoms with Crippen molar-refractivity contribution in [3.8, 4) is 0 Å². The lowest BCUT2D eigenvalue weighted by Crippen LogP contribution is -2.40. The van der Waals surface area contributed by atoms with Crippen LogP contribution in [0.15, 0.2) is 18.2 Å². The Morgan fingerprint density at radius 1 is 1.45 bits per heavy atom. The van der Waals surface area contributed by atoms with Crippen molar-refractivity contribution in [2.75, 3.05) is 25.5 Å². The molecule has 20 heavy (non-hydrogen) atoms. The van der Waals surface area contributed by atoms with Crippen molar-refractivity contribution < 1.29 is 14.8 Å². The second-order valence-electron chi connectivity index (χ2n) is 4.76. The largest absolute Gasteiger partial charge is 0.393 e. The van der Waals surface area contributed by atoms with E-state index in [-0.39, 0.29) is 17.2 Å². The van der Waals surface area contributed by atoms with Crippen molar-refractivity contribution in [2.24, 2.45) is 0 Å². The van der Waals surface area contributed by atoms with E-state index in [1.165, 1.54) is 12.1 Å². The van der Waals surface area contributed by atoms with Gasteiger partial charge in [-0.2, -0.15) is 0 Å². The molecule has 1 aliphatic heterocycles. The highest BCUT2D eigenvalue weighted by atomic mass is 16.6. The minimum Gasteiger partial charge on any atom is -0.393 e. The van der Waals surface area contributed by atoms with Gasteiger partial charge in [-0.1, -0.05) is 0 Å². The van der Waals surface area contributed by atoms with Gasteiger partial charge in [-0.25, -0.2) is 0 Å².